The molecule has 0 spiro atoms. The van der Waals surface area contributed by atoms with E-state index in [4.69, 9.17) is 10.5 Å². The molecule has 0 saturated heterocycles. The largest absolute Gasteiger partial charge is 0.465 e. The van der Waals surface area contributed by atoms with E-state index in [1.165, 1.54) is 17.9 Å². The smallest absolute Gasteiger partial charge is 0.358 e. The van der Waals surface area contributed by atoms with E-state index in [0.29, 0.717) is 17.1 Å². The van der Waals surface area contributed by atoms with Crippen LogP contribution < -0.4 is 5.73 Å². The van der Waals surface area contributed by atoms with Crippen molar-refractivity contribution in [3.05, 3.63) is 41.6 Å². The lowest BCUT2D eigenvalue weighted by Gasteiger charge is -2.05. The van der Waals surface area contributed by atoms with Crippen LogP contribution in [-0.2, 0) is 9.47 Å². The van der Waals surface area contributed by atoms with E-state index in [-0.39, 0.29) is 12.3 Å². The van der Waals surface area contributed by atoms with Crippen molar-refractivity contribution in [2.24, 2.45) is 0 Å². The van der Waals surface area contributed by atoms with Gasteiger partial charge in [-0.1, -0.05) is 0 Å². The number of carbonyl (C=O) groups excluding carboxylic acids is 2. The molecule has 2 rings (SSSR count). The molecule has 7 nitrogen and oxygen atoms in total. The zero-order chi connectivity index (χ0) is 15.4. The Morgan fingerprint density at radius 3 is 2.48 bits per heavy atom. The van der Waals surface area contributed by atoms with Crippen molar-refractivity contribution in [2.75, 3.05) is 19.5 Å². The average molecular weight is 289 g/mol. The summed E-state index contributed by atoms with van der Waals surface area (Å²) in [5.74, 6) is -0.666. The van der Waals surface area contributed by atoms with Crippen LogP contribution in [0.25, 0.3) is 5.69 Å². The second kappa shape index (κ2) is 6.08. The fourth-order valence-corrected chi connectivity index (χ4v) is 1.76. The highest BCUT2D eigenvalue weighted by atomic mass is 16.5. The highest BCUT2D eigenvalue weighted by Crippen LogP contribution is 2.16. The molecule has 2 N–H and O–H groups in total. The number of nitrogens with zero attached hydrogens (tertiary/aromatic N) is 2. The van der Waals surface area contributed by atoms with Crippen LogP contribution in [-0.4, -0.2) is 35.4 Å². The van der Waals surface area contributed by atoms with E-state index < -0.39 is 11.9 Å². The predicted molar refractivity (Wildman–Crippen MR) is 75.3 cm³/mol. The topological polar surface area (TPSA) is 96.4 Å². The lowest BCUT2D eigenvalue weighted by molar-refractivity contribution is 0.0518. The zero-order valence-corrected chi connectivity index (χ0v) is 11.7. The van der Waals surface area contributed by atoms with E-state index >= 15 is 0 Å². The van der Waals surface area contributed by atoms with Gasteiger partial charge in [0.15, 0.2) is 5.69 Å². The number of hydrogen-bond acceptors (Lipinski definition) is 6. The number of methoxy groups -OCH3 is 1. The highest BCUT2D eigenvalue weighted by molar-refractivity contribution is 5.89. The standard InChI is InChI=1S/C14H15N3O4/c1-3-21-14(19)11-8-12(15)17(16-11)10-6-4-9(5-7-10)13(18)20-2/h4-8H,3,15H2,1-2H3. The number of nitrogens with two attached hydrogens (primary N) is 1. The van der Waals surface area contributed by atoms with Crippen molar-refractivity contribution in [1.82, 2.24) is 9.78 Å². The predicted octanol–water partition coefficient (Wildman–Crippen LogP) is 1.42. The molecule has 1 heterocycles. The Hall–Kier alpha value is -2.83. The summed E-state index contributed by atoms with van der Waals surface area (Å²) in [5.41, 5.74) is 7.00. The molecule has 21 heavy (non-hydrogen) atoms. The van der Waals surface area contributed by atoms with Gasteiger partial charge in [0.05, 0.1) is 25.0 Å². The summed E-state index contributed by atoms with van der Waals surface area (Å²) in [5, 5.41) is 4.09. The number of carbonyl (C=O) groups is 2. The average Bonchev–Trinajstić information content (AvgIpc) is 2.89. The maximum absolute atomic E-state index is 11.6. The first-order chi connectivity index (χ1) is 10.1. The van der Waals surface area contributed by atoms with Gasteiger partial charge in [0.1, 0.15) is 5.82 Å². The lowest BCUT2D eigenvalue weighted by Crippen LogP contribution is -2.07. The second-order valence-electron chi connectivity index (χ2n) is 4.13. The molecule has 7 heteroatoms. The number of hydrogen-bond donors (Lipinski definition) is 1. The minimum atomic E-state index is -0.533. The van der Waals surface area contributed by atoms with Crippen LogP contribution in [0.2, 0.25) is 0 Å². The van der Waals surface area contributed by atoms with Crippen molar-refractivity contribution in [2.45, 2.75) is 6.92 Å². The van der Waals surface area contributed by atoms with Crippen LogP contribution in [0.5, 0.6) is 0 Å². The minimum Gasteiger partial charge on any atom is -0.465 e. The van der Waals surface area contributed by atoms with E-state index in [2.05, 4.69) is 9.84 Å². The van der Waals surface area contributed by atoms with Gasteiger partial charge >= 0.3 is 11.9 Å². The van der Waals surface area contributed by atoms with E-state index in [1.54, 1.807) is 31.2 Å². The molecule has 0 atom stereocenters. The summed E-state index contributed by atoms with van der Waals surface area (Å²) >= 11 is 0. The van der Waals surface area contributed by atoms with Crippen LogP contribution in [0.3, 0.4) is 0 Å². The molecule has 0 aliphatic heterocycles. The molecule has 0 bridgehead atoms. The normalized spacial score (nSPS) is 10.2. The Kier molecular flexibility index (Phi) is 4.22. The van der Waals surface area contributed by atoms with Crippen molar-refractivity contribution in [1.29, 1.82) is 0 Å². The summed E-state index contributed by atoms with van der Waals surface area (Å²) in [6, 6.07) is 7.93. The molecule has 0 unspecified atom stereocenters. The number of benzene rings is 1. The van der Waals surface area contributed by atoms with Gasteiger partial charge < -0.3 is 15.2 Å². The number of esters is 2. The third kappa shape index (κ3) is 3.02. The molecule has 1 aromatic heterocycles. The van der Waals surface area contributed by atoms with Gasteiger partial charge in [-0.3, -0.25) is 0 Å². The Balaban J connectivity index is 2.30. The molecule has 110 valence electrons. The SMILES string of the molecule is CCOC(=O)c1cc(N)n(-c2ccc(C(=O)OC)cc2)n1. The van der Waals surface area contributed by atoms with Crippen LogP contribution in [0, 0.1) is 0 Å². The van der Waals surface area contributed by atoms with Crippen molar-refractivity contribution >= 4 is 17.8 Å². The molecule has 0 radical (unpaired) electrons. The molecule has 0 aliphatic carbocycles. The van der Waals surface area contributed by atoms with Gasteiger partial charge in [0.2, 0.25) is 0 Å². The third-order valence-corrected chi connectivity index (χ3v) is 2.75. The van der Waals surface area contributed by atoms with Crippen molar-refractivity contribution in [3.8, 4) is 5.69 Å². The van der Waals surface area contributed by atoms with Crippen molar-refractivity contribution in [3.63, 3.8) is 0 Å². The van der Waals surface area contributed by atoms with E-state index in [0.717, 1.165) is 0 Å². The molecule has 0 fully saturated rings. The molecular weight excluding hydrogens is 274 g/mol. The monoisotopic (exact) mass is 289 g/mol. The maximum Gasteiger partial charge on any atom is 0.358 e. The van der Waals surface area contributed by atoms with Crippen LogP contribution >= 0.6 is 0 Å². The molecule has 0 aliphatic rings. The van der Waals surface area contributed by atoms with Crippen molar-refractivity contribution < 1.29 is 19.1 Å². The molecule has 0 saturated carbocycles. The summed E-state index contributed by atoms with van der Waals surface area (Å²) in [4.78, 5) is 23.0. The minimum absolute atomic E-state index is 0.131. The Bertz CT molecular complexity index is 661. The van der Waals surface area contributed by atoms with Gasteiger partial charge in [-0.05, 0) is 31.2 Å². The summed E-state index contributed by atoms with van der Waals surface area (Å²) in [6.07, 6.45) is 0. The third-order valence-electron chi connectivity index (χ3n) is 2.75. The fourth-order valence-electron chi connectivity index (χ4n) is 1.76. The molecular formula is C14H15N3O4. The van der Waals surface area contributed by atoms with Gasteiger partial charge in [0.25, 0.3) is 0 Å². The second-order valence-corrected chi connectivity index (χ2v) is 4.13. The van der Waals surface area contributed by atoms with Gasteiger partial charge in [0, 0.05) is 6.07 Å². The first-order valence-electron chi connectivity index (χ1n) is 6.28. The van der Waals surface area contributed by atoms with Crippen LogP contribution in [0.15, 0.2) is 30.3 Å². The summed E-state index contributed by atoms with van der Waals surface area (Å²) in [6.45, 7) is 1.98. The Morgan fingerprint density at radius 1 is 1.24 bits per heavy atom. The van der Waals surface area contributed by atoms with Crippen LogP contribution in [0.1, 0.15) is 27.8 Å². The molecule has 1 aromatic carbocycles. The summed E-state index contributed by atoms with van der Waals surface area (Å²) < 4.78 is 10.9. The quantitative estimate of drug-likeness (QED) is 0.855. The Labute approximate surface area is 121 Å². The van der Waals surface area contributed by atoms with Gasteiger partial charge in [-0.15, -0.1) is 0 Å². The first kappa shape index (κ1) is 14.6. The molecule has 0 amide bonds. The number of anilines is 1. The highest BCUT2D eigenvalue weighted by Gasteiger charge is 2.15. The fraction of sp³-hybridized carbons (Fsp3) is 0.214. The van der Waals surface area contributed by atoms with Gasteiger partial charge in [-0.2, -0.15) is 5.10 Å². The van der Waals surface area contributed by atoms with Gasteiger partial charge in [-0.25, -0.2) is 14.3 Å². The van der Waals surface area contributed by atoms with E-state index in [1.807, 2.05) is 0 Å². The molecule has 2 aromatic rings. The maximum atomic E-state index is 11.6. The van der Waals surface area contributed by atoms with E-state index in [9.17, 15) is 9.59 Å². The summed E-state index contributed by atoms with van der Waals surface area (Å²) in [7, 11) is 1.31. The number of ether oxygens (including phenoxy) is 2. The number of nitrogen functional groups attached to an aromatic ring is 1. The first-order valence-corrected chi connectivity index (χ1v) is 6.28. The Morgan fingerprint density at radius 2 is 1.90 bits per heavy atom. The number of aromatic nitrogens is 2. The number of rotatable bonds is 4. The lowest BCUT2D eigenvalue weighted by atomic mass is 10.2. The van der Waals surface area contributed by atoms with Crippen LogP contribution in [0.4, 0.5) is 5.82 Å². The zero-order valence-electron chi connectivity index (χ0n) is 11.7.